The van der Waals surface area contributed by atoms with E-state index in [1.807, 2.05) is 42.1 Å². The number of carbonyl (C=O) groups excluding carboxylic acids is 2. The molecule has 3 aromatic rings. The van der Waals surface area contributed by atoms with Crippen LogP contribution in [-0.2, 0) is 32.7 Å². The summed E-state index contributed by atoms with van der Waals surface area (Å²) in [6.07, 6.45) is -1.50. The van der Waals surface area contributed by atoms with Crippen LogP contribution >= 0.6 is 11.8 Å². The van der Waals surface area contributed by atoms with Crippen molar-refractivity contribution < 1.29 is 37.3 Å². The van der Waals surface area contributed by atoms with E-state index in [-0.39, 0.29) is 31.8 Å². The number of nitrogens with zero attached hydrogens (tertiary/aromatic N) is 3. The molecule has 2 aliphatic rings. The zero-order valence-corrected chi connectivity index (χ0v) is 23.6. The van der Waals surface area contributed by atoms with E-state index < -0.39 is 30.3 Å². The summed E-state index contributed by atoms with van der Waals surface area (Å²) in [5.74, 6) is -2.03. The first-order chi connectivity index (χ1) is 20.1. The highest BCUT2D eigenvalue weighted by Crippen LogP contribution is 2.39. The molecule has 2 N–H and O–H groups in total. The van der Waals surface area contributed by atoms with Crippen LogP contribution in [0.3, 0.4) is 0 Å². The second-order valence-corrected chi connectivity index (χ2v) is 11.2. The van der Waals surface area contributed by atoms with E-state index in [9.17, 15) is 27.9 Å². The molecular formula is C29H31F3N4O5S. The van der Waals surface area contributed by atoms with Crippen LogP contribution in [0.1, 0.15) is 48.3 Å². The van der Waals surface area contributed by atoms with Crippen LogP contribution in [0.4, 0.5) is 18.9 Å². The Kier molecular flexibility index (Phi) is 9.21. The number of hydrogen-bond donors (Lipinski definition) is 2. The van der Waals surface area contributed by atoms with Gasteiger partial charge >= 0.3 is 12.1 Å². The molecule has 5 rings (SSSR count). The normalized spacial score (nSPS) is 22.7. The van der Waals surface area contributed by atoms with E-state index in [0.29, 0.717) is 34.7 Å². The largest absolute Gasteiger partial charge is 0.471 e. The number of aliphatic hydroxyl groups is 1. The molecule has 2 aliphatic heterocycles. The maximum atomic E-state index is 13.0. The van der Waals surface area contributed by atoms with Gasteiger partial charge in [0.05, 0.1) is 18.8 Å². The number of benzene rings is 2. The lowest BCUT2D eigenvalue weighted by atomic mass is 10.0. The summed E-state index contributed by atoms with van der Waals surface area (Å²) in [6.45, 7) is -0.171. The molecule has 0 radical (unpaired) electrons. The third kappa shape index (κ3) is 6.97. The number of imidazole rings is 1. The molecule has 224 valence electrons. The standard InChI is InChI=1S/C29H31F3N4O5S/c1-35-14-12-33-28(35)42-17-22-15-24(19-6-4-18(16-37)5-7-19)41-26(40-22)20-8-10-21(11-9-20)34-25(38)23-3-2-13-36(23)27(39)29(30,31)32/h4-12,14,22-24,26,37H,2-3,13,15-17H2,1H3,(H,34,38). The molecule has 13 heteroatoms. The number of aliphatic hydroxyl groups excluding tert-OH is 1. The highest BCUT2D eigenvalue weighted by atomic mass is 32.2. The van der Waals surface area contributed by atoms with Gasteiger partial charge in [0.2, 0.25) is 5.91 Å². The molecule has 42 heavy (non-hydrogen) atoms. The molecule has 0 bridgehead atoms. The third-order valence-electron chi connectivity index (χ3n) is 7.30. The number of amides is 2. The minimum Gasteiger partial charge on any atom is -0.392 e. The van der Waals surface area contributed by atoms with Crippen molar-refractivity contribution >= 4 is 29.3 Å². The second-order valence-electron chi connectivity index (χ2n) is 10.2. The highest BCUT2D eigenvalue weighted by Gasteiger charge is 2.47. The molecule has 0 spiro atoms. The average Bonchev–Trinajstić information content (AvgIpc) is 3.64. The quantitative estimate of drug-likeness (QED) is 0.358. The van der Waals surface area contributed by atoms with Crippen LogP contribution in [0.2, 0.25) is 0 Å². The van der Waals surface area contributed by atoms with Crippen molar-refractivity contribution in [3.8, 4) is 0 Å². The van der Waals surface area contributed by atoms with Crippen molar-refractivity contribution in [3.63, 3.8) is 0 Å². The molecule has 0 aliphatic carbocycles. The van der Waals surface area contributed by atoms with E-state index >= 15 is 0 Å². The van der Waals surface area contributed by atoms with E-state index in [4.69, 9.17) is 9.47 Å². The summed E-state index contributed by atoms with van der Waals surface area (Å²) >= 11 is 1.58. The van der Waals surface area contributed by atoms with Crippen molar-refractivity contribution in [2.24, 2.45) is 7.05 Å². The van der Waals surface area contributed by atoms with Gasteiger partial charge in [-0.15, -0.1) is 0 Å². The maximum absolute atomic E-state index is 13.0. The smallest absolute Gasteiger partial charge is 0.392 e. The van der Waals surface area contributed by atoms with Crippen LogP contribution in [-0.4, -0.2) is 62.0 Å². The summed E-state index contributed by atoms with van der Waals surface area (Å²) in [4.78, 5) is 29.5. The minimum absolute atomic E-state index is 0.0548. The fourth-order valence-electron chi connectivity index (χ4n) is 5.08. The topological polar surface area (TPSA) is 106 Å². The number of nitrogens with one attached hydrogen (secondary N) is 1. The molecule has 2 aromatic carbocycles. The molecule has 9 nitrogen and oxygen atoms in total. The minimum atomic E-state index is -5.03. The SMILES string of the molecule is Cn1ccnc1SCC1CC(c2ccc(CO)cc2)OC(c2ccc(NC(=O)C3CCCN3C(=O)C(F)(F)F)cc2)O1. The maximum Gasteiger partial charge on any atom is 0.471 e. The molecule has 1 aromatic heterocycles. The molecule has 3 heterocycles. The van der Waals surface area contributed by atoms with Gasteiger partial charge in [0.15, 0.2) is 11.4 Å². The molecule has 2 fully saturated rings. The van der Waals surface area contributed by atoms with E-state index in [1.54, 1.807) is 42.2 Å². The number of ether oxygens (including phenoxy) is 2. The van der Waals surface area contributed by atoms with Crippen LogP contribution in [0.15, 0.2) is 66.1 Å². The molecule has 4 atom stereocenters. The second kappa shape index (κ2) is 12.9. The number of rotatable bonds is 8. The van der Waals surface area contributed by atoms with Gasteiger partial charge in [-0.1, -0.05) is 48.2 Å². The first kappa shape index (κ1) is 30.1. The summed E-state index contributed by atoms with van der Waals surface area (Å²) in [5.41, 5.74) is 2.83. The predicted octanol–water partition coefficient (Wildman–Crippen LogP) is 4.74. The molecule has 4 unspecified atom stereocenters. The molecular weight excluding hydrogens is 573 g/mol. The Morgan fingerprint density at radius 3 is 2.45 bits per heavy atom. The van der Waals surface area contributed by atoms with Gasteiger partial charge in [0.25, 0.3) is 0 Å². The summed E-state index contributed by atoms with van der Waals surface area (Å²) in [7, 11) is 1.92. The molecule has 2 amide bonds. The first-order valence-corrected chi connectivity index (χ1v) is 14.5. The van der Waals surface area contributed by atoms with Crippen LogP contribution in [0.5, 0.6) is 0 Å². The predicted molar refractivity (Wildman–Crippen MR) is 148 cm³/mol. The monoisotopic (exact) mass is 604 g/mol. The number of thioether (sulfide) groups is 1. The van der Waals surface area contributed by atoms with Gasteiger partial charge in [-0.2, -0.15) is 13.2 Å². The Hall–Kier alpha value is -3.39. The van der Waals surface area contributed by atoms with Crippen LogP contribution in [0, 0.1) is 0 Å². The van der Waals surface area contributed by atoms with Crippen LogP contribution in [0.25, 0.3) is 0 Å². The lowest BCUT2D eigenvalue weighted by Crippen LogP contribution is -2.48. The fourth-order valence-corrected chi connectivity index (χ4v) is 6.03. The van der Waals surface area contributed by atoms with E-state index in [0.717, 1.165) is 16.3 Å². The van der Waals surface area contributed by atoms with Crippen molar-refractivity contribution in [1.29, 1.82) is 0 Å². The number of hydrogen-bond acceptors (Lipinski definition) is 7. The number of halogens is 3. The summed E-state index contributed by atoms with van der Waals surface area (Å²) in [6, 6.07) is 13.1. The Morgan fingerprint density at radius 1 is 1.10 bits per heavy atom. The average molecular weight is 605 g/mol. The molecule has 0 saturated carbocycles. The number of alkyl halides is 3. The Balaban J connectivity index is 1.28. The van der Waals surface area contributed by atoms with Gasteiger partial charge in [-0.25, -0.2) is 4.98 Å². The summed E-state index contributed by atoms with van der Waals surface area (Å²) in [5, 5.41) is 12.9. The highest BCUT2D eigenvalue weighted by molar-refractivity contribution is 7.99. The third-order valence-corrected chi connectivity index (χ3v) is 8.49. The lowest BCUT2D eigenvalue weighted by molar-refractivity contribution is -0.245. The van der Waals surface area contributed by atoms with Gasteiger partial charge in [0, 0.05) is 49.4 Å². The lowest BCUT2D eigenvalue weighted by Gasteiger charge is -2.36. The Bertz CT molecular complexity index is 1380. The van der Waals surface area contributed by atoms with E-state index in [1.165, 1.54) is 0 Å². The fraction of sp³-hybridized carbons (Fsp3) is 0.414. The number of aryl methyl sites for hydroxylation is 1. The van der Waals surface area contributed by atoms with Crippen molar-refractivity contribution in [3.05, 3.63) is 77.6 Å². The van der Waals surface area contributed by atoms with Gasteiger partial charge < -0.3 is 29.4 Å². The Morgan fingerprint density at radius 2 is 1.81 bits per heavy atom. The number of anilines is 1. The zero-order chi connectivity index (χ0) is 29.9. The van der Waals surface area contributed by atoms with E-state index in [2.05, 4.69) is 10.3 Å². The molecule has 2 saturated heterocycles. The summed E-state index contributed by atoms with van der Waals surface area (Å²) < 4.78 is 53.5. The Labute approximate surface area is 245 Å². The zero-order valence-electron chi connectivity index (χ0n) is 22.8. The van der Waals surface area contributed by atoms with Gasteiger partial charge in [-0.3, -0.25) is 9.59 Å². The number of likely N-dealkylation sites (tertiary alicyclic amines) is 1. The first-order valence-electron chi connectivity index (χ1n) is 13.5. The van der Waals surface area contributed by atoms with Crippen molar-refractivity contribution in [2.75, 3.05) is 17.6 Å². The van der Waals surface area contributed by atoms with Gasteiger partial charge in [-0.05, 0) is 36.1 Å². The van der Waals surface area contributed by atoms with Gasteiger partial charge in [0.1, 0.15) is 6.04 Å². The number of aromatic nitrogens is 2. The van der Waals surface area contributed by atoms with Crippen LogP contribution < -0.4 is 5.32 Å². The number of carbonyl (C=O) groups is 2. The van der Waals surface area contributed by atoms with Crippen molar-refractivity contribution in [2.45, 2.75) is 61.7 Å². The van der Waals surface area contributed by atoms with Crippen molar-refractivity contribution in [1.82, 2.24) is 14.5 Å².